The van der Waals surface area contributed by atoms with E-state index in [9.17, 15) is 0 Å². The lowest BCUT2D eigenvalue weighted by Gasteiger charge is -2.41. The van der Waals surface area contributed by atoms with Crippen LogP contribution in [0.15, 0.2) is 21.0 Å². The minimum atomic E-state index is 0.635. The van der Waals surface area contributed by atoms with Gasteiger partial charge in [0.05, 0.1) is 0 Å². The number of thioether (sulfide) groups is 1. The molecule has 1 rings (SSSR count). The van der Waals surface area contributed by atoms with Crippen molar-refractivity contribution in [3.63, 3.8) is 0 Å². The van der Waals surface area contributed by atoms with Crippen LogP contribution in [0.2, 0.25) is 0 Å². The van der Waals surface area contributed by atoms with Gasteiger partial charge in [-0.1, -0.05) is 106 Å². The van der Waals surface area contributed by atoms with Crippen LogP contribution >= 0.6 is 11.8 Å². The number of hydrogen-bond acceptors (Lipinski definition) is 1. The van der Waals surface area contributed by atoms with Crippen molar-refractivity contribution in [3.8, 4) is 0 Å². The van der Waals surface area contributed by atoms with E-state index in [1.54, 1.807) is 21.0 Å². The van der Waals surface area contributed by atoms with Crippen molar-refractivity contribution >= 4 is 11.8 Å². The van der Waals surface area contributed by atoms with Gasteiger partial charge in [0.2, 0.25) is 0 Å². The molecule has 0 aromatic heterocycles. The zero-order valence-corrected chi connectivity index (χ0v) is 18.7. The maximum Gasteiger partial charge on any atom is 0.00573 e. The number of hydrogen-bond donors (Lipinski definition) is 0. The van der Waals surface area contributed by atoms with E-state index in [1.165, 1.54) is 0 Å². The Hall–Kier alpha value is -0.170. The Morgan fingerprint density at radius 2 is 0.870 bits per heavy atom. The van der Waals surface area contributed by atoms with Crippen LogP contribution < -0.4 is 0 Å². The molecule has 0 aromatic carbocycles. The van der Waals surface area contributed by atoms with Gasteiger partial charge in [-0.05, 0) is 39.4 Å². The molecule has 23 heavy (non-hydrogen) atoms. The van der Waals surface area contributed by atoms with Gasteiger partial charge in [-0.3, -0.25) is 0 Å². The van der Waals surface area contributed by atoms with Crippen LogP contribution in [-0.2, 0) is 0 Å². The van der Waals surface area contributed by atoms with E-state index in [1.807, 2.05) is 13.8 Å². The SMILES string of the molecule is CC.CC(C)C1=C(C(C)C)C(C(C)C)C(C(C)C)=C(C(C)C)S1. The quantitative estimate of drug-likeness (QED) is 0.487. The van der Waals surface area contributed by atoms with Crippen LogP contribution in [0.3, 0.4) is 0 Å². The van der Waals surface area contributed by atoms with E-state index in [4.69, 9.17) is 0 Å². The Kier molecular flexibility index (Phi) is 9.89. The van der Waals surface area contributed by atoms with Crippen LogP contribution in [0.5, 0.6) is 0 Å². The summed E-state index contributed by atoms with van der Waals surface area (Å²) >= 11 is 2.10. The van der Waals surface area contributed by atoms with E-state index in [-0.39, 0.29) is 0 Å². The molecule has 0 saturated carbocycles. The maximum atomic E-state index is 2.40. The average molecular weight is 339 g/mol. The second kappa shape index (κ2) is 9.97. The molecule has 0 atom stereocenters. The fraction of sp³-hybridized carbons (Fsp3) is 0.818. The van der Waals surface area contributed by atoms with Crippen molar-refractivity contribution in [1.29, 1.82) is 0 Å². The minimum absolute atomic E-state index is 0.635. The standard InChI is InChI=1S/C20H36S.C2H6/c1-11(2)16-17(12(3)4)19(14(7)8)21-20(15(9)10)18(16)13(5)6;1-2/h11-16H,1-10H3;1-2H3. The Balaban J connectivity index is 0.00000232. The highest BCUT2D eigenvalue weighted by molar-refractivity contribution is 8.06. The lowest BCUT2D eigenvalue weighted by molar-refractivity contribution is 0.420. The summed E-state index contributed by atoms with van der Waals surface area (Å²) in [4.78, 5) is 3.30. The monoisotopic (exact) mass is 338 g/mol. The number of rotatable bonds is 5. The van der Waals surface area contributed by atoms with E-state index >= 15 is 0 Å². The van der Waals surface area contributed by atoms with Crippen molar-refractivity contribution in [2.45, 2.75) is 83.1 Å². The largest absolute Gasteiger partial charge is 0.0985 e. The molecule has 0 bridgehead atoms. The molecule has 0 unspecified atom stereocenters. The minimum Gasteiger partial charge on any atom is -0.0985 e. The van der Waals surface area contributed by atoms with Crippen LogP contribution in [0.25, 0.3) is 0 Å². The highest BCUT2D eigenvalue weighted by Crippen LogP contribution is 2.53. The third kappa shape index (κ3) is 5.41. The van der Waals surface area contributed by atoms with Crippen molar-refractivity contribution in [2.24, 2.45) is 35.5 Å². The fourth-order valence-electron chi connectivity index (χ4n) is 3.62. The Morgan fingerprint density at radius 3 is 1.04 bits per heavy atom. The Bertz CT molecular complexity index is 383. The summed E-state index contributed by atoms with van der Waals surface area (Å²) in [6.07, 6.45) is 0. The molecule has 1 heteroatoms. The molecule has 0 saturated heterocycles. The first-order chi connectivity index (χ1) is 10.6. The second-order valence-electron chi connectivity index (χ2n) is 8.08. The molecule has 0 radical (unpaired) electrons. The predicted molar refractivity (Wildman–Crippen MR) is 111 cm³/mol. The van der Waals surface area contributed by atoms with Crippen LogP contribution in [-0.4, -0.2) is 0 Å². The van der Waals surface area contributed by atoms with Crippen molar-refractivity contribution in [2.75, 3.05) is 0 Å². The zero-order valence-electron chi connectivity index (χ0n) is 17.9. The summed E-state index contributed by atoms with van der Waals surface area (Å²) in [7, 11) is 0. The summed E-state index contributed by atoms with van der Waals surface area (Å²) in [5.74, 6) is 3.88. The summed E-state index contributed by atoms with van der Waals surface area (Å²) in [5, 5.41) is 0. The molecule has 1 aliphatic rings. The summed E-state index contributed by atoms with van der Waals surface area (Å²) in [5.41, 5.74) is 3.44. The molecule has 136 valence electrons. The fourth-order valence-corrected chi connectivity index (χ4v) is 5.29. The van der Waals surface area contributed by atoms with E-state index in [0.717, 1.165) is 0 Å². The van der Waals surface area contributed by atoms with Gasteiger partial charge in [-0.2, -0.15) is 0 Å². The first-order valence-electron chi connectivity index (χ1n) is 9.75. The average Bonchev–Trinajstić information content (AvgIpc) is 2.46. The van der Waals surface area contributed by atoms with Crippen molar-refractivity contribution in [3.05, 3.63) is 21.0 Å². The van der Waals surface area contributed by atoms with Crippen LogP contribution in [0.4, 0.5) is 0 Å². The molecule has 0 spiro atoms. The van der Waals surface area contributed by atoms with E-state index in [2.05, 4.69) is 81.0 Å². The van der Waals surface area contributed by atoms with Gasteiger partial charge in [0.25, 0.3) is 0 Å². The van der Waals surface area contributed by atoms with Gasteiger partial charge in [0.15, 0.2) is 0 Å². The summed E-state index contributed by atoms with van der Waals surface area (Å²) < 4.78 is 0. The molecule has 0 nitrogen and oxygen atoms in total. The Morgan fingerprint density at radius 1 is 0.565 bits per heavy atom. The first kappa shape index (κ1) is 22.8. The third-order valence-corrected chi connectivity index (χ3v) is 6.27. The molecule has 0 fully saturated rings. The van der Waals surface area contributed by atoms with Gasteiger partial charge < -0.3 is 0 Å². The first-order valence-corrected chi connectivity index (χ1v) is 10.6. The molecular weight excluding hydrogens is 296 g/mol. The molecule has 1 heterocycles. The maximum absolute atomic E-state index is 2.40. The van der Waals surface area contributed by atoms with Gasteiger partial charge in [-0.25, -0.2) is 0 Å². The van der Waals surface area contributed by atoms with Gasteiger partial charge in [0.1, 0.15) is 0 Å². The predicted octanol–water partition coefficient (Wildman–Crippen LogP) is 8.16. The van der Waals surface area contributed by atoms with E-state index in [0.29, 0.717) is 35.5 Å². The van der Waals surface area contributed by atoms with E-state index < -0.39 is 0 Å². The van der Waals surface area contributed by atoms with Gasteiger partial charge >= 0.3 is 0 Å². The highest BCUT2D eigenvalue weighted by atomic mass is 32.2. The lowest BCUT2D eigenvalue weighted by atomic mass is 9.72. The molecule has 1 aliphatic heterocycles. The molecule has 0 amide bonds. The Labute approximate surface area is 151 Å². The zero-order chi connectivity index (χ0) is 18.5. The van der Waals surface area contributed by atoms with Crippen molar-refractivity contribution in [1.82, 2.24) is 0 Å². The highest BCUT2D eigenvalue weighted by Gasteiger charge is 2.36. The third-order valence-electron chi connectivity index (χ3n) is 4.42. The van der Waals surface area contributed by atoms with Gasteiger partial charge in [-0.15, -0.1) is 0 Å². The molecular formula is C22H42S. The molecule has 0 aromatic rings. The summed E-state index contributed by atoms with van der Waals surface area (Å²) in [6, 6.07) is 0. The smallest absolute Gasteiger partial charge is 0.00573 e. The topological polar surface area (TPSA) is 0 Å². The van der Waals surface area contributed by atoms with Crippen molar-refractivity contribution < 1.29 is 0 Å². The van der Waals surface area contributed by atoms with Crippen LogP contribution in [0.1, 0.15) is 83.1 Å². The van der Waals surface area contributed by atoms with Gasteiger partial charge in [0, 0.05) is 5.92 Å². The summed E-state index contributed by atoms with van der Waals surface area (Å²) in [6.45, 7) is 27.8. The lowest BCUT2D eigenvalue weighted by Crippen LogP contribution is -2.27. The normalized spacial score (nSPS) is 17.1. The molecule has 0 N–H and O–H groups in total. The van der Waals surface area contributed by atoms with Crippen LogP contribution in [0, 0.1) is 35.5 Å². The number of allylic oxidation sites excluding steroid dienone is 4. The second-order valence-corrected chi connectivity index (χ2v) is 9.17. The molecule has 0 aliphatic carbocycles.